The molecule has 1 aliphatic rings. The van der Waals surface area contributed by atoms with E-state index in [0.29, 0.717) is 24.0 Å². The molecule has 136 valence electrons. The quantitative estimate of drug-likeness (QED) is 0.763. The van der Waals surface area contributed by atoms with Crippen molar-refractivity contribution in [3.05, 3.63) is 39.4 Å². The summed E-state index contributed by atoms with van der Waals surface area (Å²) in [5.74, 6) is -0.0661. The summed E-state index contributed by atoms with van der Waals surface area (Å²) in [6.45, 7) is 0.769. The predicted octanol–water partition coefficient (Wildman–Crippen LogP) is 2.36. The summed E-state index contributed by atoms with van der Waals surface area (Å²) in [5, 5.41) is 3.61. The Morgan fingerprint density at radius 1 is 1.36 bits per heavy atom. The van der Waals surface area contributed by atoms with Crippen LogP contribution in [0.2, 0.25) is 0 Å². The molecule has 1 aromatic carbocycles. The maximum atomic E-state index is 12.5. The number of hydrogen-bond acceptors (Lipinski definition) is 4. The number of carbonyl (C=O) groups excluding carboxylic acids is 1. The van der Waals surface area contributed by atoms with E-state index in [1.807, 2.05) is 6.07 Å². The highest BCUT2D eigenvalue weighted by Gasteiger charge is 2.33. The molecule has 0 aliphatic heterocycles. The van der Waals surface area contributed by atoms with Crippen LogP contribution in [0.25, 0.3) is 10.9 Å². The number of hydrogen-bond donors (Lipinski definition) is 2. The molecule has 1 amide bonds. The van der Waals surface area contributed by atoms with E-state index in [0.717, 1.165) is 30.2 Å². The molecule has 6 nitrogen and oxygen atoms in total. The second-order valence-corrected chi connectivity index (χ2v) is 7.31. The van der Waals surface area contributed by atoms with Gasteiger partial charge in [0.05, 0.1) is 22.8 Å². The Morgan fingerprint density at radius 3 is 2.76 bits per heavy atom. The van der Waals surface area contributed by atoms with E-state index in [4.69, 9.17) is 5.73 Å². The minimum absolute atomic E-state index is 0. The average Bonchev–Trinajstić information content (AvgIpc) is 3.04. The third-order valence-corrected chi connectivity index (χ3v) is 5.22. The van der Waals surface area contributed by atoms with Gasteiger partial charge in [-0.05, 0) is 31.0 Å². The van der Waals surface area contributed by atoms with Crippen LogP contribution in [0.15, 0.2) is 33.8 Å². The normalized spacial score (nSPS) is 15.8. The van der Waals surface area contributed by atoms with Gasteiger partial charge < -0.3 is 11.1 Å². The highest BCUT2D eigenvalue weighted by atomic mass is 79.9. The first-order valence-electron chi connectivity index (χ1n) is 8.19. The minimum atomic E-state index is -0.255. The summed E-state index contributed by atoms with van der Waals surface area (Å²) < 4.78 is 2.31. The van der Waals surface area contributed by atoms with E-state index >= 15 is 0 Å². The molecule has 3 rings (SSSR count). The van der Waals surface area contributed by atoms with Gasteiger partial charge in [0.15, 0.2) is 0 Å². The average molecular weight is 430 g/mol. The number of carbonyl (C=O) groups is 1. The second kappa shape index (κ2) is 8.29. The first-order valence-corrected chi connectivity index (χ1v) is 8.98. The smallest absolute Gasteiger partial charge is 0.261 e. The van der Waals surface area contributed by atoms with Crippen molar-refractivity contribution in [2.45, 2.75) is 44.2 Å². The van der Waals surface area contributed by atoms with Gasteiger partial charge in [-0.25, -0.2) is 4.98 Å². The van der Waals surface area contributed by atoms with Crippen LogP contribution in [-0.4, -0.2) is 27.5 Å². The monoisotopic (exact) mass is 428 g/mol. The molecular formula is C17H22BrClN4O2. The van der Waals surface area contributed by atoms with Crippen LogP contribution < -0.4 is 16.6 Å². The van der Waals surface area contributed by atoms with Gasteiger partial charge in [0, 0.05) is 24.0 Å². The Balaban J connectivity index is 0.00000225. The minimum Gasteiger partial charge on any atom is -0.349 e. The third kappa shape index (κ3) is 4.40. The number of aromatic nitrogens is 2. The van der Waals surface area contributed by atoms with E-state index in [2.05, 4.69) is 26.2 Å². The van der Waals surface area contributed by atoms with Crippen molar-refractivity contribution in [2.75, 3.05) is 6.54 Å². The maximum absolute atomic E-state index is 12.5. The molecule has 1 fully saturated rings. The van der Waals surface area contributed by atoms with Crippen LogP contribution in [0.4, 0.5) is 0 Å². The van der Waals surface area contributed by atoms with Gasteiger partial charge in [0.1, 0.15) is 0 Å². The molecule has 8 heteroatoms. The van der Waals surface area contributed by atoms with Gasteiger partial charge >= 0.3 is 0 Å². The highest BCUT2D eigenvalue weighted by molar-refractivity contribution is 9.10. The summed E-state index contributed by atoms with van der Waals surface area (Å²) >= 11 is 3.36. The van der Waals surface area contributed by atoms with Crippen molar-refractivity contribution in [2.24, 2.45) is 5.73 Å². The standard InChI is InChI=1S/C17H21BrN4O2.ClH/c18-12-3-4-14-13(9-12)16(24)22(11-20-14)8-5-15(23)21-17(10-19)6-1-2-7-17;/h3-4,9,11H,1-2,5-8,10,19H2,(H,21,23);1H. The molecule has 1 heterocycles. The lowest BCUT2D eigenvalue weighted by atomic mass is 9.97. The lowest BCUT2D eigenvalue weighted by molar-refractivity contribution is -0.123. The first kappa shape index (κ1) is 19.9. The fourth-order valence-electron chi connectivity index (χ4n) is 3.30. The van der Waals surface area contributed by atoms with Crippen molar-refractivity contribution in [1.29, 1.82) is 0 Å². The zero-order valence-electron chi connectivity index (χ0n) is 13.8. The molecular weight excluding hydrogens is 408 g/mol. The lowest BCUT2D eigenvalue weighted by Gasteiger charge is -2.28. The van der Waals surface area contributed by atoms with Crippen molar-refractivity contribution in [3.8, 4) is 0 Å². The number of fused-ring (bicyclic) bond motifs is 1. The van der Waals surface area contributed by atoms with Crippen LogP contribution in [-0.2, 0) is 11.3 Å². The lowest BCUT2D eigenvalue weighted by Crippen LogP contribution is -2.51. The van der Waals surface area contributed by atoms with Crippen molar-refractivity contribution in [3.63, 3.8) is 0 Å². The SMILES string of the molecule is Cl.NCC1(NC(=O)CCn2cnc3ccc(Br)cc3c2=O)CCCC1. The Hall–Kier alpha value is -1.44. The fraction of sp³-hybridized carbons (Fsp3) is 0.471. The molecule has 3 N–H and O–H groups in total. The number of rotatable bonds is 5. The van der Waals surface area contributed by atoms with Gasteiger partial charge in [-0.3, -0.25) is 14.2 Å². The van der Waals surface area contributed by atoms with E-state index in [-0.39, 0.29) is 35.8 Å². The summed E-state index contributed by atoms with van der Waals surface area (Å²) in [7, 11) is 0. The third-order valence-electron chi connectivity index (χ3n) is 4.72. The number of aryl methyl sites for hydroxylation is 1. The van der Waals surface area contributed by atoms with Gasteiger partial charge in [0.25, 0.3) is 5.56 Å². The summed E-state index contributed by atoms with van der Waals surface area (Å²) in [5.41, 5.74) is 6.10. The van der Waals surface area contributed by atoms with E-state index in [9.17, 15) is 9.59 Å². The number of nitrogens with two attached hydrogens (primary N) is 1. The molecule has 1 saturated carbocycles. The molecule has 0 radical (unpaired) electrons. The molecule has 0 atom stereocenters. The van der Waals surface area contributed by atoms with E-state index in [1.54, 1.807) is 12.1 Å². The van der Waals surface area contributed by atoms with Gasteiger partial charge in [-0.2, -0.15) is 0 Å². The van der Waals surface area contributed by atoms with Gasteiger partial charge in [0.2, 0.25) is 5.91 Å². The number of halogens is 2. The summed E-state index contributed by atoms with van der Waals surface area (Å²) in [6.07, 6.45) is 5.80. The molecule has 2 aromatic rings. The molecule has 0 saturated heterocycles. The zero-order chi connectivity index (χ0) is 17.2. The van der Waals surface area contributed by atoms with E-state index in [1.165, 1.54) is 10.9 Å². The number of benzene rings is 1. The van der Waals surface area contributed by atoms with Crippen LogP contribution in [0.5, 0.6) is 0 Å². The van der Waals surface area contributed by atoms with Crippen molar-refractivity contribution in [1.82, 2.24) is 14.9 Å². The largest absolute Gasteiger partial charge is 0.349 e. The Bertz CT molecular complexity index is 818. The molecule has 0 bridgehead atoms. The van der Waals surface area contributed by atoms with Crippen molar-refractivity contribution >= 4 is 45.1 Å². The van der Waals surface area contributed by atoms with Gasteiger partial charge in [-0.15, -0.1) is 12.4 Å². The second-order valence-electron chi connectivity index (χ2n) is 6.39. The fourth-order valence-corrected chi connectivity index (χ4v) is 3.66. The Kier molecular flexibility index (Phi) is 6.59. The number of nitrogens with one attached hydrogen (secondary N) is 1. The summed E-state index contributed by atoms with van der Waals surface area (Å²) in [6, 6.07) is 5.40. The highest BCUT2D eigenvalue weighted by Crippen LogP contribution is 2.28. The number of nitrogens with zero attached hydrogens (tertiary/aromatic N) is 2. The van der Waals surface area contributed by atoms with Crippen LogP contribution >= 0.6 is 28.3 Å². The van der Waals surface area contributed by atoms with E-state index < -0.39 is 0 Å². The molecule has 0 unspecified atom stereocenters. The maximum Gasteiger partial charge on any atom is 0.261 e. The van der Waals surface area contributed by atoms with Crippen LogP contribution in [0.3, 0.4) is 0 Å². The zero-order valence-corrected chi connectivity index (χ0v) is 16.2. The predicted molar refractivity (Wildman–Crippen MR) is 104 cm³/mol. The molecule has 0 spiro atoms. The number of amides is 1. The van der Waals surface area contributed by atoms with Gasteiger partial charge in [-0.1, -0.05) is 28.8 Å². The van der Waals surface area contributed by atoms with Crippen LogP contribution in [0, 0.1) is 0 Å². The van der Waals surface area contributed by atoms with Crippen LogP contribution in [0.1, 0.15) is 32.1 Å². The Labute approximate surface area is 160 Å². The van der Waals surface area contributed by atoms with Crippen molar-refractivity contribution < 1.29 is 4.79 Å². The molecule has 25 heavy (non-hydrogen) atoms. The summed E-state index contributed by atoms with van der Waals surface area (Å²) in [4.78, 5) is 29.0. The molecule has 1 aromatic heterocycles. The first-order chi connectivity index (χ1) is 11.5. The molecule has 1 aliphatic carbocycles. The topological polar surface area (TPSA) is 90.0 Å². The Morgan fingerprint density at radius 2 is 2.08 bits per heavy atom.